The molecule has 1 aromatic rings. The standard InChI is InChI=1S/C18H32N2S/c1-6-19-18(17-9-7-8-15(2)14-17)10-12-20(4)16(3)11-13-21-5/h7-9,14,16,18-19H,6,10-13H2,1-5H3. The number of nitrogens with one attached hydrogen (secondary N) is 1. The fourth-order valence-electron chi connectivity index (χ4n) is 2.58. The largest absolute Gasteiger partial charge is 0.310 e. The van der Waals surface area contributed by atoms with Gasteiger partial charge in [0.25, 0.3) is 0 Å². The first-order valence-corrected chi connectivity index (χ1v) is 9.47. The van der Waals surface area contributed by atoms with Crippen molar-refractivity contribution in [3.8, 4) is 0 Å². The van der Waals surface area contributed by atoms with Crippen LogP contribution < -0.4 is 5.32 Å². The Morgan fingerprint density at radius 1 is 1.29 bits per heavy atom. The van der Waals surface area contributed by atoms with Crippen molar-refractivity contribution in [3.05, 3.63) is 35.4 Å². The summed E-state index contributed by atoms with van der Waals surface area (Å²) in [7, 11) is 2.25. The van der Waals surface area contributed by atoms with Crippen molar-refractivity contribution >= 4 is 11.8 Å². The average molecular weight is 309 g/mol. The first-order valence-electron chi connectivity index (χ1n) is 8.07. The van der Waals surface area contributed by atoms with E-state index in [-0.39, 0.29) is 0 Å². The topological polar surface area (TPSA) is 15.3 Å². The highest BCUT2D eigenvalue weighted by Crippen LogP contribution is 2.19. The van der Waals surface area contributed by atoms with Crippen LogP contribution in [0.2, 0.25) is 0 Å². The summed E-state index contributed by atoms with van der Waals surface area (Å²) in [5.41, 5.74) is 2.76. The second-order valence-electron chi connectivity index (χ2n) is 5.92. The number of hydrogen-bond donors (Lipinski definition) is 1. The lowest BCUT2D eigenvalue weighted by molar-refractivity contribution is 0.239. The predicted molar refractivity (Wildman–Crippen MR) is 97.3 cm³/mol. The summed E-state index contributed by atoms with van der Waals surface area (Å²) < 4.78 is 0. The third-order valence-corrected chi connectivity index (χ3v) is 4.80. The molecule has 0 radical (unpaired) electrons. The van der Waals surface area contributed by atoms with E-state index in [9.17, 15) is 0 Å². The molecule has 1 N–H and O–H groups in total. The van der Waals surface area contributed by atoms with Crippen LogP contribution in [0.4, 0.5) is 0 Å². The van der Waals surface area contributed by atoms with Crippen molar-refractivity contribution in [1.29, 1.82) is 0 Å². The van der Waals surface area contributed by atoms with E-state index in [1.165, 1.54) is 23.3 Å². The van der Waals surface area contributed by atoms with Gasteiger partial charge in [-0.05, 0) is 64.4 Å². The van der Waals surface area contributed by atoms with Gasteiger partial charge in [0.05, 0.1) is 0 Å². The van der Waals surface area contributed by atoms with Crippen LogP contribution in [0.1, 0.15) is 43.9 Å². The van der Waals surface area contributed by atoms with E-state index in [1.807, 2.05) is 11.8 Å². The van der Waals surface area contributed by atoms with Gasteiger partial charge in [0.1, 0.15) is 0 Å². The van der Waals surface area contributed by atoms with Gasteiger partial charge in [-0.1, -0.05) is 36.8 Å². The maximum absolute atomic E-state index is 3.63. The van der Waals surface area contributed by atoms with Gasteiger partial charge in [-0.25, -0.2) is 0 Å². The summed E-state index contributed by atoms with van der Waals surface area (Å²) in [5, 5.41) is 3.63. The molecular formula is C18H32N2S. The maximum Gasteiger partial charge on any atom is 0.0332 e. The second-order valence-corrected chi connectivity index (χ2v) is 6.91. The summed E-state index contributed by atoms with van der Waals surface area (Å²) in [6.45, 7) is 8.85. The zero-order chi connectivity index (χ0) is 15.7. The van der Waals surface area contributed by atoms with Crippen molar-refractivity contribution in [2.24, 2.45) is 0 Å². The Kier molecular flexibility index (Phi) is 9.05. The minimum atomic E-state index is 0.463. The molecule has 0 fully saturated rings. The van der Waals surface area contributed by atoms with Crippen molar-refractivity contribution < 1.29 is 0 Å². The van der Waals surface area contributed by atoms with Crippen LogP contribution in [0.25, 0.3) is 0 Å². The minimum Gasteiger partial charge on any atom is -0.310 e. The van der Waals surface area contributed by atoms with Crippen molar-refractivity contribution in [1.82, 2.24) is 10.2 Å². The SMILES string of the molecule is CCNC(CCN(C)C(C)CCSC)c1cccc(C)c1. The molecule has 0 aromatic heterocycles. The van der Waals surface area contributed by atoms with Crippen LogP contribution in [0.5, 0.6) is 0 Å². The molecule has 0 spiro atoms. The zero-order valence-electron chi connectivity index (χ0n) is 14.4. The lowest BCUT2D eigenvalue weighted by atomic mass is 10.0. The van der Waals surface area contributed by atoms with E-state index in [0.29, 0.717) is 12.1 Å². The molecule has 120 valence electrons. The van der Waals surface area contributed by atoms with E-state index in [2.05, 4.69) is 68.6 Å². The molecule has 0 saturated heterocycles. The number of hydrogen-bond acceptors (Lipinski definition) is 3. The summed E-state index contributed by atoms with van der Waals surface area (Å²) in [6, 6.07) is 10.0. The highest BCUT2D eigenvalue weighted by Gasteiger charge is 2.14. The zero-order valence-corrected chi connectivity index (χ0v) is 15.2. The van der Waals surface area contributed by atoms with Gasteiger partial charge in [-0.3, -0.25) is 0 Å². The van der Waals surface area contributed by atoms with Crippen LogP contribution in [-0.2, 0) is 0 Å². The van der Waals surface area contributed by atoms with Crippen LogP contribution in [-0.4, -0.2) is 43.1 Å². The molecule has 0 aliphatic carbocycles. The number of nitrogens with zero attached hydrogens (tertiary/aromatic N) is 1. The number of rotatable bonds is 10. The smallest absolute Gasteiger partial charge is 0.0332 e. The molecule has 21 heavy (non-hydrogen) atoms. The number of aryl methyl sites for hydroxylation is 1. The Morgan fingerprint density at radius 3 is 2.67 bits per heavy atom. The molecule has 2 unspecified atom stereocenters. The van der Waals surface area contributed by atoms with Crippen LogP contribution in [0, 0.1) is 6.92 Å². The van der Waals surface area contributed by atoms with E-state index in [4.69, 9.17) is 0 Å². The molecular weight excluding hydrogens is 276 g/mol. The van der Waals surface area contributed by atoms with E-state index in [1.54, 1.807) is 0 Å². The van der Waals surface area contributed by atoms with Gasteiger partial charge in [0.15, 0.2) is 0 Å². The average Bonchev–Trinajstić information content (AvgIpc) is 2.48. The molecule has 0 amide bonds. The van der Waals surface area contributed by atoms with Gasteiger partial charge < -0.3 is 10.2 Å². The fourth-order valence-corrected chi connectivity index (χ4v) is 3.16. The fraction of sp³-hybridized carbons (Fsp3) is 0.667. The summed E-state index contributed by atoms with van der Waals surface area (Å²) in [6.07, 6.45) is 4.62. The Labute approximate surface area is 135 Å². The summed E-state index contributed by atoms with van der Waals surface area (Å²) >= 11 is 1.94. The molecule has 0 aliphatic rings. The van der Waals surface area contributed by atoms with Gasteiger partial charge in [-0.2, -0.15) is 11.8 Å². The van der Waals surface area contributed by atoms with Crippen LogP contribution in [0.15, 0.2) is 24.3 Å². The van der Waals surface area contributed by atoms with Gasteiger partial charge in [-0.15, -0.1) is 0 Å². The lowest BCUT2D eigenvalue weighted by Crippen LogP contribution is -2.33. The normalized spacial score (nSPS) is 14.4. The van der Waals surface area contributed by atoms with Gasteiger partial charge in [0, 0.05) is 12.1 Å². The van der Waals surface area contributed by atoms with Crippen molar-refractivity contribution in [3.63, 3.8) is 0 Å². The lowest BCUT2D eigenvalue weighted by Gasteiger charge is -2.27. The Balaban J connectivity index is 2.55. The molecule has 2 nitrogen and oxygen atoms in total. The molecule has 3 heteroatoms. The number of thioether (sulfide) groups is 1. The Bertz CT molecular complexity index is 395. The van der Waals surface area contributed by atoms with Crippen LogP contribution in [0.3, 0.4) is 0 Å². The second kappa shape index (κ2) is 10.3. The summed E-state index contributed by atoms with van der Waals surface area (Å²) in [5.74, 6) is 1.25. The molecule has 2 atom stereocenters. The molecule has 0 heterocycles. The van der Waals surface area contributed by atoms with E-state index in [0.717, 1.165) is 19.5 Å². The van der Waals surface area contributed by atoms with Gasteiger partial charge in [0.2, 0.25) is 0 Å². The minimum absolute atomic E-state index is 0.463. The number of benzene rings is 1. The molecule has 0 aliphatic heterocycles. The Morgan fingerprint density at radius 2 is 2.05 bits per heavy atom. The van der Waals surface area contributed by atoms with E-state index >= 15 is 0 Å². The Hall–Kier alpha value is -0.510. The first kappa shape index (κ1) is 18.5. The molecule has 1 rings (SSSR count). The highest BCUT2D eigenvalue weighted by atomic mass is 32.2. The highest BCUT2D eigenvalue weighted by molar-refractivity contribution is 7.98. The third kappa shape index (κ3) is 6.86. The van der Waals surface area contributed by atoms with Crippen molar-refractivity contribution in [2.45, 2.75) is 45.7 Å². The van der Waals surface area contributed by atoms with Gasteiger partial charge >= 0.3 is 0 Å². The first-order chi connectivity index (χ1) is 10.1. The monoisotopic (exact) mass is 308 g/mol. The molecule has 0 bridgehead atoms. The van der Waals surface area contributed by atoms with Crippen molar-refractivity contribution in [2.75, 3.05) is 32.1 Å². The quantitative estimate of drug-likeness (QED) is 0.700. The van der Waals surface area contributed by atoms with E-state index < -0.39 is 0 Å². The molecule has 0 saturated carbocycles. The predicted octanol–water partition coefficient (Wildman–Crippen LogP) is 4.11. The summed E-state index contributed by atoms with van der Waals surface area (Å²) in [4.78, 5) is 2.50. The third-order valence-electron chi connectivity index (χ3n) is 4.16. The maximum atomic E-state index is 3.63. The molecule has 1 aromatic carbocycles. The van der Waals surface area contributed by atoms with Crippen LogP contribution >= 0.6 is 11.8 Å².